The SMILES string of the molecule is CC(C)C1CC2OC23C2(C)CCC4=C(/C(=C(\OC(=O)C5CCCCC5)c5ccccc5)OC4=O)C2CC2OC23C1O. The number of allylic oxidation sites excluding steroid dienone is 1. The molecule has 2 saturated heterocycles. The van der Waals surface area contributed by atoms with Crippen molar-refractivity contribution in [3.63, 3.8) is 0 Å². The standard InChI is InChI=1S/C34H40O7/c1-18(2)22-16-25-34(41-25)32(3)15-14-21-26(23(32)17-24-33(34,40-24)29(22)35)28(39-31(21)37)27(19-10-6-4-7-11-19)38-30(36)20-12-8-5-9-13-20/h4,6-7,10-11,18,20,22-25,29,35H,5,8-9,12-17H2,1-3H3/b28-27+. The highest BCUT2D eigenvalue weighted by Gasteiger charge is 2.93. The van der Waals surface area contributed by atoms with Crippen LogP contribution in [0.5, 0.6) is 0 Å². The van der Waals surface area contributed by atoms with Crippen molar-refractivity contribution < 1.29 is 33.6 Å². The summed E-state index contributed by atoms with van der Waals surface area (Å²) in [5.74, 6) is 0.385. The maximum Gasteiger partial charge on any atom is 0.339 e. The molecule has 0 bridgehead atoms. The van der Waals surface area contributed by atoms with Gasteiger partial charge in [-0.3, -0.25) is 4.79 Å². The van der Waals surface area contributed by atoms with E-state index in [1.807, 2.05) is 30.3 Å². The van der Waals surface area contributed by atoms with Gasteiger partial charge in [-0.2, -0.15) is 0 Å². The molecule has 7 aliphatic rings. The minimum atomic E-state index is -0.683. The topological polar surface area (TPSA) is 97.9 Å². The summed E-state index contributed by atoms with van der Waals surface area (Å²) in [6.45, 7) is 6.60. The summed E-state index contributed by atoms with van der Waals surface area (Å²) in [7, 11) is 0. The molecule has 3 heterocycles. The highest BCUT2D eigenvalue weighted by Crippen LogP contribution is 2.79. The third-order valence-corrected chi connectivity index (χ3v) is 12.0. The number of fused-ring (bicyclic) bond motifs is 2. The lowest BCUT2D eigenvalue weighted by molar-refractivity contribution is -0.143. The number of aliphatic hydroxyl groups is 1. The maximum atomic E-state index is 13.5. The van der Waals surface area contributed by atoms with Crippen LogP contribution in [0.25, 0.3) is 5.76 Å². The number of carbonyl (C=O) groups excluding carboxylic acids is 2. The molecule has 1 N–H and O–H groups in total. The van der Waals surface area contributed by atoms with E-state index < -0.39 is 17.3 Å². The number of ether oxygens (including phenoxy) is 4. The lowest BCUT2D eigenvalue weighted by atomic mass is 9.46. The molecule has 8 rings (SSSR count). The van der Waals surface area contributed by atoms with Gasteiger partial charge in [0.15, 0.2) is 17.1 Å². The number of aliphatic hydroxyl groups excluding tert-OH is 1. The Kier molecular flexibility index (Phi) is 5.60. The number of hydrogen-bond donors (Lipinski definition) is 1. The molecule has 0 aromatic heterocycles. The van der Waals surface area contributed by atoms with Crippen LogP contribution >= 0.6 is 0 Å². The summed E-state index contributed by atoms with van der Waals surface area (Å²) in [4.78, 5) is 26.9. The summed E-state index contributed by atoms with van der Waals surface area (Å²) in [5.41, 5.74) is 0.632. The first kappa shape index (κ1) is 26.2. The second kappa shape index (κ2) is 8.77. The van der Waals surface area contributed by atoms with E-state index >= 15 is 0 Å². The second-order valence-electron chi connectivity index (χ2n) is 14.1. The van der Waals surface area contributed by atoms with Crippen molar-refractivity contribution in [2.75, 3.05) is 0 Å². The fraction of sp³-hybridized carbons (Fsp3) is 0.647. The molecular weight excluding hydrogens is 520 g/mol. The minimum Gasteiger partial charge on any atom is -0.422 e. The Morgan fingerprint density at radius 2 is 1.80 bits per heavy atom. The number of benzene rings is 1. The Morgan fingerprint density at radius 3 is 2.54 bits per heavy atom. The molecule has 8 unspecified atom stereocenters. The average molecular weight is 561 g/mol. The van der Waals surface area contributed by atoms with Gasteiger partial charge in [-0.15, -0.1) is 0 Å². The molecule has 3 aliphatic heterocycles. The molecule has 7 nitrogen and oxygen atoms in total. The molecule has 218 valence electrons. The zero-order valence-electron chi connectivity index (χ0n) is 24.2. The summed E-state index contributed by atoms with van der Waals surface area (Å²) >= 11 is 0. The Hall–Kier alpha value is -2.48. The van der Waals surface area contributed by atoms with E-state index in [2.05, 4.69) is 20.8 Å². The molecule has 2 spiro atoms. The first-order valence-corrected chi connectivity index (χ1v) is 15.7. The third-order valence-electron chi connectivity index (χ3n) is 12.0. The number of carbonyl (C=O) groups is 2. The molecule has 3 saturated carbocycles. The van der Waals surface area contributed by atoms with Crippen molar-refractivity contribution in [3.8, 4) is 0 Å². The summed E-state index contributed by atoms with van der Waals surface area (Å²) < 4.78 is 25.5. The molecule has 0 radical (unpaired) electrons. The van der Waals surface area contributed by atoms with E-state index in [1.165, 1.54) is 0 Å². The Labute approximate surface area is 241 Å². The summed E-state index contributed by atoms with van der Waals surface area (Å²) in [5, 5.41) is 11.7. The van der Waals surface area contributed by atoms with Crippen LogP contribution in [-0.4, -0.2) is 46.6 Å². The molecule has 1 aromatic carbocycles. The number of rotatable bonds is 4. The van der Waals surface area contributed by atoms with Gasteiger partial charge in [0.25, 0.3) is 0 Å². The number of epoxide rings is 2. The van der Waals surface area contributed by atoms with Crippen LogP contribution in [0.4, 0.5) is 0 Å². The molecule has 1 aromatic rings. The Bertz CT molecular complexity index is 1370. The van der Waals surface area contributed by atoms with E-state index in [1.54, 1.807) is 0 Å². The van der Waals surface area contributed by atoms with Crippen molar-refractivity contribution >= 4 is 17.7 Å². The highest BCUT2D eigenvalue weighted by atomic mass is 16.7. The van der Waals surface area contributed by atoms with Gasteiger partial charge >= 0.3 is 11.9 Å². The highest BCUT2D eigenvalue weighted by molar-refractivity contribution is 5.97. The zero-order chi connectivity index (χ0) is 28.3. The number of cyclic esters (lactones) is 1. The molecule has 7 heteroatoms. The first-order valence-electron chi connectivity index (χ1n) is 15.7. The smallest absolute Gasteiger partial charge is 0.339 e. The van der Waals surface area contributed by atoms with Crippen molar-refractivity contribution in [2.45, 2.75) is 108 Å². The molecular formula is C34H40O7. The third kappa shape index (κ3) is 3.31. The van der Waals surface area contributed by atoms with E-state index in [9.17, 15) is 14.7 Å². The maximum absolute atomic E-state index is 13.5. The van der Waals surface area contributed by atoms with Gasteiger partial charge in [-0.05, 0) is 56.3 Å². The largest absolute Gasteiger partial charge is 0.422 e. The normalized spacial score (nSPS) is 43.7. The van der Waals surface area contributed by atoms with E-state index in [-0.39, 0.29) is 47.3 Å². The van der Waals surface area contributed by atoms with Gasteiger partial charge in [0.2, 0.25) is 0 Å². The van der Waals surface area contributed by atoms with Crippen LogP contribution in [0.15, 0.2) is 47.2 Å². The van der Waals surface area contributed by atoms with Gasteiger partial charge in [0.1, 0.15) is 5.60 Å². The predicted molar refractivity (Wildman–Crippen MR) is 149 cm³/mol. The average Bonchev–Trinajstić information content (AvgIpc) is 3.87. The fourth-order valence-corrected chi connectivity index (χ4v) is 9.75. The van der Waals surface area contributed by atoms with E-state index in [0.29, 0.717) is 35.9 Å². The van der Waals surface area contributed by atoms with Gasteiger partial charge in [0, 0.05) is 22.1 Å². The molecule has 4 aliphatic carbocycles. The molecule has 5 fully saturated rings. The van der Waals surface area contributed by atoms with Gasteiger partial charge in [-0.1, -0.05) is 70.4 Å². The van der Waals surface area contributed by atoms with Crippen molar-refractivity contribution in [1.29, 1.82) is 0 Å². The monoisotopic (exact) mass is 560 g/mol. The molecule has 0 amide bonds. The summed E-state index contributed by atoms with van der Waals surface area (Å²) in [6.07, 6.45) is 6.97. The van der Waals surface area contributed by atoms with Crippen LogP contribution in [0, 0.1) is 29.1 Å². The van der Waals surface area contributed by atoms with E-state index in [4.69, 9.17) is 18.9 Å². The van der Waals surface area contributed by atoms with Crippen molar-refractivity contribution in [3.05, 3.63) is 52.8 Å². The van der Waals surface area contributed by atoms with Gasteiger partial charge in [0.05, 0.1) is 24.2 Å². The predicted octanol–water partition coefficient (Wildman–Crippen LogP) is 5.46. The van der Waals surface area contributed by atoms with Gasteiger partial charge < -0.3 is 24.1 Å². The van der Waals surface area contributed by atoms with E-state index in [0.717, 1.165) is 56.1 Å². The molecule has 8 atom stereocenters. The lowest BCUT2D eigenvalue weighted by Gasteiger charge is -2.54. The fourth-order valence-electron chi connectivity index (χ4n) is 9.75. The van der Waals surface area contributed by atoms with Gasteiger partial charge in [-0.25, -0.2) is 4.79 Å². The van der Waals surface area contributed by atoms with Crippen LogP contribution in [0.3, 0.4) is 0 Å². The Balaban J connectivity index is 1.22. The number of hydrogen-bond acceptors (Lipinski definition) is 7. The first-order chi connectivity index (χ1) is 19.7. The van der Waals surface area contributed by atoms with Crippen LogP contribution in [0.1, 0.15) is 84.1 Å². The zero-order valence-corrected chi connectivity index (χ0v) is 24.2. The van der Waals surface area contributed by atoms with Crippen LogP contribution in [0.2, 0.25) is 0 Å². The Morgan fingerprint density at radius 1 is 1.05 bits per heavy atom. The summed E-state index contributed by atoms with van der Waals surface area (Å²) in [6, 6.07) is 9.55. The van der Waals surface area contributed by atoms with Crippen molar-refractivity contribution in [1.82, 2.24) is 0 Å². The van der Waals surface area contributed by atoms with Crippen molar-refractivity contribution in [2.24, 2.45) is 29.1 Å². The quantitative estimate of drug-likeness (QED) is 0.297. The number of esters is 2. The lowest BCUT2D eigenvalue weighted by Crippen LogP contribution is -2.66. The van der Waals surface area contributed by atoms with Crippen LogP contribution < -0.4 is 0 Å². The van der Waals surface area contributed by atoms with Crippen LogP contribution in [-0.2, 0) is 28.5 Å². The molecule has 41 heavy (non-hydrogen) atoms. The second-order valence-corrected chi connectivity index (χ2v) is 14.1. The minimum absolute atomic E-state index is 0.0291.